The molecule has 4 aromatic rings. The average Bonchev–Trinajstić information content (AvgIpc) is 3.30. The molecule has 0 bridgehead atoms. The van der Waals surface area contributed by atoms with Crippen LogP contribution in [0.3, 0.4) is 0 Å². The lowest BCUT2D eigenvalue weighted by atomic mass is 10.1. The molecule has 2 N–H and O–H groups in total. The van der Waals surface area contributed by atoms with E-state index in [4.69, 9.17) is 21.1 Å². The molecule has 0 radical (unpaired) electrons. The molecular formula is C23H19ClN4O3. The Morgan fingerprint density at radius 2 is 1.84 bits per heavy atom. The number of nitrogens with zero attached hydrogens (tertiary/aromatic N) is 2. The van der Waals surface area contributed by atoms with Crippen molar-refractivity contribution >= 4 is 23.2 Å². The lowest BCUT2D eigenvalue weighted by Gasteiger charge is -2.11. The Morgan fingerprint density at radius 1 is 1.03 bits per heavy atom. The van der Waals surface area contributed by atoms with Crippen LogP contribution in [0, 0.1) is 0 Å². The zero-order chi connectivity index (χ0) is 21.8. The van der Waals surface area contributed by atoms with Crippen LogP contribution in [0.15, 0.2) is 66.9 Å². The van der Waals surface area contributed by atoms with Gasteiger partial charge in [0.2, 0.25) is 11.8 Å². The number of halogens is 1. The number of aromatic amines is 1. The summed E-state index contributed by atoms with van der Waals surface area (Å²) in [6.45, 7) is 0. The van der Waals surface area contributed by atoms with Crippen LogP contribution in [-0.4, -0.2) is 35.1 Å². The van der Waals surface area contributed by atoms with Gasteiger partial charge in [-0.1, -0.05) is 41.9 Å². The van der Waals surface area contributed by atoms with Crippen molar-refractivity contribution < 1.29 is 14.3 Å². The number of carbonyl (C=O) groups excluding carboxylic acids is 1. The summed E-state index contributed by atoms with van der Waals surface area (Å²) in [7, 11) is 2.94. The molecule has 4 rings (SSSR count). The summed E-state index contributed by atoms with van der Waals surface area (Å²) in [4.78, 5) is 24.7. The highest BCUT2D eigenvalue weighted by Gasteiger charge is 2.16. The van der Waals surface area contributed by atoms with Gasteiger partial charge in [0.05, 0.1) is 31.1 Å². The second kappa shape index (κ2) is 8.89. The van der Waals surface area contributed by atoms with Gasteiger partial charge in [-0.3, -0.25) is 4.79 Å². The minimum atomic E-state index is -0.371. The molecule has 2 aromatic carbocycles. The van der Waals surface area contributed by atoms with Crippen LogP contribution in [0.2, 0.25) is 5.02 Å². The number of anilines is 1. The smallest absolute Gasteiger partial charge is 0.261 e. The first kappa shape index (κ1) is 20.4. The summed E-state index contributed by atoms with van der Waals surface area (Å²) in [6, 6.07) is 18.2. The fraction of sp³-hybridized carbons (Fsp3) is 0.0870. The van der Waals surface area contributed by atoms with Gasteiger partial charge in [-0.15, -0.1) is 0 Å². The quantitative estimate of drug-likeness (QED) is 0.442. The second-order valence-corrected chi connectivity index (χ2v) is 6.98. The Balaban J connectivity index is 1.60. The number of nitrogens with one attached hydrogen (secondary N) is 2. The van der Waals surface area contributed by atoms with Gasteiger partial charge in [-0.2, -0.15) is 4.98 Å². The number of amides is 1. The summed E-state index contributed by atoms with van der Waals surface area (Å²) in [5, 5.41) is 3.36. The summed E-state index contributed by atoms with van der Waals surface area (Å²) < 4.78 is 10.3. The average molecular weight is 435 g/mol. The fourth-order valence-corrected chi connectivity index (χ4v) is 3.28. The number of hydrogen-bond donors (Lipinski definition) is 2. The maximum Gasteiger partial charge on any atom is 0.261 e. The van der Waals surface area contributed by atoms with Crippen molar-refractivity contribution in [2.24, 2.45) is 0 Å². The van der Waals surface area contributed by atoms with Crippen molar-refractivity contribution in [3.05, 3.63) is 77.4 Å². The van der Waals surface area contributed by atoms with Gasteiger partial charge in [0, 0.05) is 17.3 Å². The number of pyridine rings is 1. The number of hydrogen-bond acceptors (Lipinski definition) is 5. The van der Waals surface area contributed by atoms with Crippen molar-refractivity contribution in [2.75, 3.05) is 19.5 Å². The molecule has 31 heavy (non-hydrogen) atoms. The largest absolute Gasteiger partial charge is 0.481 e. The number of methoxy groups -OCH3 is 2. The minimum absolute atomic E-state index is 0.171. The van der Waals surface area contributed by atoms with Crippen molar-refractivity contribution in [1.29, 1.82) is 0 Å². The van der Waals surface area contributed by atoms with Crippen LogP contribution >= 0.6 is 11.6 Å². The first-order chi connectivity index (χ1) is 15.1. The zero-order valence-electron chi connectivity index (χ0n) is 16.8. The van der Waals surface area contributed by atoms with E-state index in [9.17, 15) is 4.79 Å². The summed E-state index contributed by atoms with van der Waals surface area (Å²) in [5.74, 6) is 0.757. The highest BCUT2D eigenvalue weighted by molar-refractivity contribution is 6.33. The van der Waals surface area contributed by atoms with Crippen LogP contribution in [0.25, 0.3) is 22.6 Å². The normalized spacial score (nSPS) is 10.5. The van der Waals surface area contributed by atoms with E-state index in [1.54, 1.807) is 36.5 Å². The number of carbonyl (C=O) groups is 1. The van der Waals surface area contributed by atoms with Gasteiger partial charge >= 0.3 is 0 Å². The highest BCUT2D eigenvalue weighted by Crippen LogP contribution is 2.31. The fourth-order valence-electron chi connectivity index (χ4n) is 3.07. The molecule has 2 aromatic heterocycles. The van der Waals surface area contributed by atoms with Gasteiger partial charge in [0.15, 0.2) is 0 Å². The number of rotatable bonds is 6. The summed E-state index contributed by atoms with van der Waals surface area (Å²) in [6.07, 6.45) is 1.75. The highest BCUT2D eigenvalue weighted by atomic mass is 35.5. The number of ether oxygens (including phenoxy) is 2. The van der Waals surface area contributed by atoms with Gasteiger partial charge in [0.25, 0.3) is 5.91 Å². The van der Waals surface area contributed by atoms with E-state index in [1.807, 2.05) is 30.3 Å². The first-order valence-corrected chi connectivity index (χ1v) is 9.77. The third-order valence-electron chi connectivity index (χ3n) is 4.62. The lowest BCUT2D eigenvalue weighted by Crippen LogP contribution is -2.14. The number of H-pyrrole nitrogens is 1. The van der Waals surface area contributed by atoms with E-state index in [1.165, 1.54) is 14.2 Å². The van der Waals surface area contributed by atoms with Crippen LogP contribution in [0.4, 0.5) is 5.69 Å². The molecule has 0 unspecified atom stereocenters. The molecule has 0 spiro atoms. The first-order valence-electron chi connectivity index (χ1n) is 9.39. The molecule has 1 amide bonds. The Bertz CT molecular complexity index is 1220. The molecule has 7 nitrogen and oxygen atoms in total. The second-order valence-electron chi connectivity index (χ2n) is 6.57. The molecule has 0 aliphatic carbocycles. The molecule has 0 saturated heterocycles. The van der Waals surface area contributed by atoms with Gasteiger partial charge in [-0.05, 0) is 29.8 Å². The summed E-state index contributed by atoms with van der Waals surface area (Å²) in [5.41, 5.74) is 3.39. The van der Waals surface area contributed by atoms with E-state index in [2.05, 4.69) is 20.3 Å². The molecule has 0 aliphatic heterocycles. The van der Waals surface area contributed by atoms with Crippen LogP contribution in [-0.2, 0) is 0 Å². The maximum absolute atomic E-state index is 12.8. The van der Waals surface area contributed by atoms with E-state index < -0.39 is 0 Å². The standard InChI is InChI=1S/C23H19ClN4O3/c1-30-20-11-9-16(23(28-20)31-2)22(29)26-15-8-10-18(24)17(12-15)21-25-13-19(27-21)14-6-4-3-5-7-14/h3-13H,1-2H3,(H,25,27)(H,26,29). The lowest BCUT2D eigenvalue weighted by molar-refractivity contribution is 0.102. The van der Waals surface area contributed by atoms with Crippen molar-refractivity contribution in [2.45, 2.75) is 0 Å². The van der Waals surface area contributed by atoms with Gasteiger partial charge in [0.1, 0.15) is 11.4 Å². The predicted molar refractivity (Wildman–Crippen MR) is 120 cm³/mol. The van der Waals surface area contributed by atoms with Crippen LogP contribution in [0.5, 0.6) is 11.8 Å². The Kier molecular flexibility index (Phi) is 5.86. The SMILES string of the molecule is COc1ccc(C(=O)Nc2ccc(Cl)c(-c3ncc(-c4ccccc4)[nH]3)c2)c(OC)n1. The van der Waals surface area contributed by atoms with Crippen LogP contribution < -0.4 is 14.8 Å². The molecule has 0 atom stereocenters. The topological polar surface area (TPSA) is 89.1 Å². The molecule has 156 valence electrons. The number of aromatic nitrogens is 3. The molecule has 8 heteroatoms. The van der Waals surface area contributed by atoms with E-state index >= 15 is 0 Å². The molecule has 0 saturated carbocycles. The number of imidazole rings is 1. The van der Waals surface area contributed by atoms with Gasteiger partial charge in [-0.25, -0.2) is 4.98 Å². The Hall–Kier alpha value is -3.84. The van der Waals surface area contributed by atoms with Gasteiger partial charge < -0.3 is 19.8 Å². The van der Waals surface area contributed by atoms with Crippen molar-refractivity contribution in [1.82, 2.24) is 15.0 Å². The molecule has 0 fully saturated rings. The molecular weight excluding hydrogens is 416 g/mol. The van der Waals surface area contributed by atoms with Crippen LogP contribution in [0.1, 0.15) is 10.4 Å². The molecule has 0 aliphatic rings. The molecule has 2 heterocycles. The van der Waals surface area contributed by atoms with Crippen molar-refractivity contribution in [3.63, 3.8) is 0 Å². The third kappa shape index (κ3) is 4.36. The minimum Gasteiger partial charge on any atom is -0.481 e. The maximum atomic E-state index is 12.8. The summed E-state index contributed by atoms with van der Waals surface area (Å²) >= 11 is 6.40. The zero-order valence-corrected chi connectivity index (χ0v) is 17.6. The van der Waals surface area contributed by atoms with E-state index in [0.29, 0.717) is 28.0 Å². The monoisotopic (exact) mass is 434 g/mol. The Labute approximate surface area is 184 Å². The number of benzene rings is 2. The van der Waals surface area contributed by atoms with E-state index in [0.717, 1.165) is 11.3 Å². The van der Waals surface area contributed by atoms with E-state index in [-0.39, 0.29) is 17.4 Å². The Morgan fingerprint density at radius 3 is 2.58 bits per heavy atom. The third-order valence-corrected chi connectivity index (χ3v) is 4.95. The van der Waals surface area contributed by atoms with Crippen molar-refractivity contribution in [3.8, 4) is 34.4 Å². The predicted octanol–water partition coefficient (Wildman–Crippen LogP) is 5.06.